The lowest BCUT2D eigenvalue weighted by atomic mass is 9.92. The van der Waals surface area contributed by atoms with Crippen LogP contribution in [0.4, 0.5) is 0 Å². The summed E-state index contributed by atoms with van der Waals surface area (Å²) in [7, 11) is 0. The highest BCUT2D eigenvalue weighted by molar-refractivity contribution is 5.78. The molecule has 1 N–H and O–H groups in total. The van der Waals surface area contributed by atoms with E-state index < -0.39 is 0 Å². The van der Waals surface area contributed by atoms with Crippen molar-refractivity contribution in [2.24, 2.45) is 0 Å². The third-order valence-corrected chi connectivity index (χ3v) is 7.06. The summed E-state index contributed by atoms with van der Waals surface area (Å²) in [5.41, 5.74) is 2.47. The Morgan fingerprint density at radius 2 is 1.78 bits per heavy atom. The average molecular weight is 435 g/mol. The summed E-state index contributed by atoms with van der Waals surface area (Å²) in [6.45, 7) is 2.68. The van der Waals surface area contributed by atoms with Crippen LogP contribution in [0.3, 0.4) is 0 Å². The van der Waals surface area contributed by atoms with Crippen molar-refractivity contribution >= 4 is 5.91 Å². The molecule has 0 spiro atoms. The molecule has 1 aliphatic carbocycles. The zero-order valence-electron chi connectivity index (χ0n) is 18.8. The van der Waals surface area contributed by atoms with Crippen molar-refractivity contribution in [3.8, 4) is 11.5 Å². The van der Waals surface area contributed by atoms with Crippen molar-refractivity contribution in [2.75, 3.05) is 19.6 Å². The second kappa shape index (κ2) is 9.95. The molecule has 2 aromatic rings. The molecule has 1 amide bonds. The molecule has 32 heavy (non-hydrogen) atoms. The van der Waals surface area contributed by atoms with Gasteiger partial charge in [0.25, 0.3) is 0 Å². The first-order valence-corrected chi connectivity index (χ1v) is 12.3. The van der Waals surface area contributed by atoms with Gasteiger partial charge in [-0.1, -0.05) is 30.3 Å². The molecular weight excluding hydrogens is 400 g/mol. The van der Waals surface area contributed by atoms with Crippen LogP contribution in [-0.2, 0) is 11.2 Å². The minimum absolute atomic E-state index is 0.131. The predicted molar refractivity (Wildman–Crippen MR) is 125 cm³/mol. The van der Waals surface area contributed by atoms with E-state index in [1.54, 1.807) is 0 Å². The Morgan fingerprint density at radius 1 is 1.00 bits per heavy atom. The van der Waals surface area contributed by atoms with E-state index in [1.165, 1.54) is 24.0 Å². The van der Waals surface area contributed by atoms with Crippen LogP contribution in [0, 0.1) is 0 Å². The lowest BCUT2D eigenvalue weighted by Gasteiger charge is -2.31. The van der Waals surface area contributed by atoms with E-state index in [4.69, 9.17) is 9.47 Å². The van der Waals surface area contributed by atoms with Gasteiger partial charge in [-0.15, -0.1) is 0 Å². The fraction of sp³-hybridized carbons (Fsp3) is 0.519. The van der Waals surface area contributed by atoms with Crippen molar-refractivity contribution in [3.05, 3.63) is 59.7 Å². The first-order chi connectivity index (χ1) is 15.7. The molecule has 0 bridgehead atoms. The first-order valence-electron chi connectivity index (χ1n) is 12.3. The third kappa shape index (κ3) is 5.26. The van der Waals surface area contributed by atoms with Gasteiger partial charge in [0.05, 0.1) is 12.6 Å². The Labute approximate surface area is 191 Å². The minimum Gasteiger partial charge on any atom is -0.490 e. The second-order valence-electron chi connectivity index (χ2n) is 9.47. The standard InChI is InChI=1S/C27H34N2O3/c30-27(19-29-16-4-5-17-29)28-22-9-11-23(12-10-22)31-24-13-15-26-21(18-24)8-14-25(32-26)20-6-2-1-3-7-20/h1-3,6-7,13,15,18,22-23,25H,4-5,8-12,14,16-17,19H2,(H,28,30). The van der Waals surface area contributed by atoms with Crippen LogP contribution in [0.15, 0.2) is 48.5 Å². The number of hydrogen-bond acceptors (Lipinski definition) is 4. The topological polar surface area (TPSA) is 50.8 Å². The molecule has 0 aromatic heterocycles. The summed E-state index contributed by atoms with van der Waals surface area (Å²) < 4.78 is 12.6. The highest BCUT2D eigenvalue weighted by Gasteiger charge is 2.26. The third-order valence-electron chi connectivity index (χ3n) is 7.06. The summed E-state index contributed by atoms with van der Waals surface area (Å²) in [6, 6.07) is 17.0. The minimum atomic E-state index is 0.131. The molecular formula is C27H34N2O3. The second-order valence-corrected chi connectivity index (χ2v) is 9.47. The number of hydrogen-bond donors (Lipinski definition) is 1. The van der Waals surface area contributed by atoms with E-state index in [1.807, 2.05) is 12.1 Å². The smallest absolute Gasteiger partial charge is 0.234 e. The van der Waals surface area contributed by atoms with E-state index in [2.05, 4.69) is 46.6 Å². The van der Waals surface area contributed by atoms with Crippen LogP contribution >= 0.6 is 0 Å². The number of carbonyl (C=O) groups is 1. The highest BCUT2D eigenvalue weighted by Crippen LogP contribution is 2.37. The van der Waals surface area contributed by atoms with E-state index >= 15 is 0 Å². The van der Waals surface area contributed by atoms with Gasteiger partial charge in [0.2, 0.25) is 5.91 Å². The van der Waals surface area contributed by atoms with Crippen LogP contribution in [0.2, 0.25) is 0 Å². The Kier molecular flexibility index (Phi) is 6.63. The zero-order chi connectivity index (χ0) is 21.8. The van der Waals surface area contributed by atoms with E-state index in [0.29, 0.717) is 6.54 Å². The number of nitrogens with one attached hydrogen (secondary N) is 1. The zero-order valence-corrected chi connectivity index (χ0v) is 18.8. The normalized spacial score (nSPS) is 25.6. The summed E-state index contributed by atoms with van der Waals surface area (Å²) in [4.78, 5) is 14.5. The molecule has 1 atom stereocenters. The van der Waals surface area contributed by atoms with Crippen molar-refractivity contribution in [2.45, 2.75) is 69.6 Å². The molecule has 3 aliphatic rings. The van der Waals surface area contributed by atoms with Crippen LogP contribution < -0.4 is 14.8 Å². The van der Waals surface area contributed by atoms with Gasteiger partial charge in [-0.05, 0) is 93.8 Å². The molecule has 1 saturated carbocycles. The number of nitrogens with zero attached hydrogens (tertiary/aromatic N) is 1. The van der Waals surface area contributed by atoms with E-state index in [0.717, 1.165) is 63.1 Å². The summed E-state index contributed by atoms with van der Waals surface area (Å²) >= 11 is 0. The number of benzene rings is 2. The molecule has 0 radical (unpaired) electrons. The van der Waals surface area contributed by atoms with Gasteiger partial charge in [-0.25, -0.2) is 0 Å². The van der Waals surface area contributed by atoms with E-state index in [9.17, 15) is 4.79 Å². The monoisotopic (exact) mass is 434 g/mol. The number of amides is 1. The number of aryl methyl sites for hydroxylation is 1. The first kappa shape index (κ1) is 21.3. The maximum absolute atomic E-state index is 12.3. The van der Waals surface area contributed by atoms with Crippen molar-refractivity contribution < 1.29 is 14.3 Å². The van der Waals surface area contributed by atoms with Gasteiger partial charge in [-0.3, -0.25) is 9.69 Å². The molecule has 1 saturated heterocycles. The Balaban J connectivity index is 1.09. The van der Waals surface area contributed by atoms with Gasteiger partial charge in [0, 0.05) is 6.04 Å². The molecule has 5 rings (SSSR count). The molecule has 170 valence electrons. The Bertz CT molecular complexity index is 902. The quantitative estimate of drug-likeness (QED) is 0.719. The fourth-order valence-electron chi connectivity index (χ4n) is 5.28. The van der Waals surface area contributed by atoms with Gasteiger partial charge in [0.1, 0.15) is 17.6 Å². The van der Waals surface area contributed by atoms with Crippen molar-refractivity contribution in [3.63, 3.8) is 0 Å². The molecule has 1 unspecified atom stereocenters. The molecule has 5 heteroatoms. The Morgan fingerprint density at radius 3 is 2.56 bits per heavy atom. The largest absolute Gasteiger partial charge is 0.490 e. The van der Waals surface area contributed by atoms with Gasteiger partial charge in [-0.2, -0.15) is 0 Å². The molecule has 2 aromatic carbocycles. The summed E-state index contributed by atoms with van der Waals surface area (Å²) in [5.74, 6) is 2.09. The van der Waals surface area contributed by atoms with E-state index in [-0.39, 0.29) is 24.2 Å². The lowest BCUT2D eigenvalue weighted by molar-refractivity contribution is -0.123. The van der Waals surface area contributed by atoms with Crippen molar-refractivity contribution in [1.82, 2.24) is 10.2 Å². The fourth-order valence-corrected chi connectivity index (χ4v) is 5.28. The van der Waals surface area contributed by atoms with Gasteiger partial charge >= 0.3 is 0 Å². The maximum Gasteiger partial charge on any atom is 0.234 e. The molecule has 2 heterocycles. The number of rotatable bonds is 6. The van der Waals surface area contributed by atoms with Crippen molar-refractivity contribution in [1.29, 1.82) is 0 Å². The summed E-state index contributed by atoms with van der Waals surface area (Å²) in [5, 5.41) is 3.24. The lowest BCUT2D eigenvalue weighted by Crippen LogP contribution is -2.43. The van der Waals surface area contributed by atoms with Crippen LogP contribution in [0.5, 0.6) is 11.5 Å². The number of fused-ring (bicyclic) bond motifs is 1. The number of carbonyl (C=O) groups excluding carboxylic acids is 1. The predicted octanol–water partition coefficient (Wildman–Crippen LogP) is 4.65. The number of likely N-dealkylation sites (tertiary alicyclic amines) is 1. The van der Waals surface area contributed by atoms with Gasteiger partial charge in [0.15, 0.2) is 0 Å². The Hall–Kier alpha value is -2.53. The van der Waals surface area contributed by atoms with Crippen LogP contribution in [0.1, 0.15) is 62.2 Å². The highest BCUT2D eigenvalue weighted by atomic mass is 16.5. The van der Waals surface area contributed by atoms with Crippen LogP contribution in [-0.4, -0.2) is 42.6 Å². The molecule has 2 fully saturated rings. The molecule has 2 aliphatic heterocycles. The van der Waals surface area contributed by atoms with Crippen LogP contribution in [0.25, 0.3) is 0 Å². The molecule has 5 nitrogen and oxygen atoms in total. The number of ether oxygens (including phenoxy) is 2. The van der Waals surface area contributed by atoms with Gasteiger partial charge < -0.3 is 14.8 Å². The summed E-state index contributed by atoms with van der Waals surface area (Å²) in [6.07, 6.45) is 8.73. The SMILES string of the molecule is O=C(CN1CCCC1)NC1CCC(Oc2ccc3c(c2)CCC(c2ccccc2)O3)CC1. The maximum atomic E-state index is 12.3. The average Bonchev–Trinajstić information content (AvgIpc) is 3.33.